The molecule has 2 aromatic carbocycles. The van der Waals surface area contributed by atoms with Crippen LogP contribution in [0.5, 0.6) is 11.5 Å². The van der Waals surface area contributed by atoms with Gasteiger partial charge in [-0.3, -0.25) is 9.69 Å². The van der Waals surface area contributed by atoms with E-state index in [4.69, 9.17) is 9.47 Å². The van der Waals surface area contributed by atoms with E-state index in [1.54, 1.807) is 14.2 Å². The molecule has 1 unspecified atom stereocenters. The maximum atomic E-state index is 11.3. The molecule has 5 heteroatoms. The van der Waals surface area contributed by atoms with E-state index in [0.29, 0.717) is 18.0 Å². The van der Waals surface area contributed by atoms with Crippen LogP contribution in [0.4, 0.5) is 0 Å². The number of fused-ring (bicyclic) bond motifs is 1. The lowest BCUT2D eigenvalue weighted by atomic mass is 10.1. The van der Waals surface area contributed by atoms with Crippen molar-refractivity contribution in [3.8, 4) is 11.5 Å². The molecular formula is C18H21NO4. The lowest BCUT2D eigenvalue weighted by Crippen LogP contribution is -2.35. The molecule has 3 rings (SSSR count). The molecule has 1 aliphatic rings. The number of ether oxygens (including phenoxy) is 2. The summed E-state index contributed by atoms with van der Waals surface area (Å²) in [6.45, 7) is 1.49. The molecule has 1 N–H and O–H groups in total. The van der Waals surface area contributed by atoms with Gasteiger partial charge in [-0.2, -0.15) is 0 Å². The Labute approximate surface area is 135 Å². The Balaban J connectivity index is 1.89. The monoisotopic (exact) mass is 315 g/mol. The van der Waals surface area contributed by atoms with Gasteiger partial charge in [-0.1, -0.05) is 12.1 Å². The molecule has 1 saturated heterocycles. The van der Waals surface area contributed by atoms with Gasteiger partial charge < -0.3 is 14.6 Å². The van der Waals surface area contributed by atoms with E-state index >= 15 is 0 Å². The number of rotatable bonds is 5. The van der Waals surface area contributed by atoms with Crippen molar-refractivity contribution in [1.29, 1.82) is 0 Å². The second kappa shape index (κ2) is 6.46. The number of hydrogen-bond acceptors (Lipinski definition) is 4. The summed E-state index contributed by atoms with van der Waals surface area (Å²) < 4.78 is 10.7. The van der Waals surface area contributed by atoms with Crippen molar-refractivity contribution in [2.24, 2.45) is 0 Å². The molecule has 0 saturated carbocycles. The standard InChI is InChI=1S/C18H21NO4/c1-22-16-9-13-6-5-12(8-14(13)10-17(16)23-2)11-19-7-3-4-15(19)18(20)21/h5-6,8-10,15H,3-4,7,11H2,1-2H3,(H,20,21). The molecule has 0 spiro atoms. The van der Waals surface area contributed by atoms with Gasteiger partial charge in [0.15, 0.2) is 11.5 Å². The van der Waals surface area contributed by atoms with E-state index in [0.717, 1.165) is 35.7 Å². The Bertz CT molecular complexity index is 728. The molecule has 2 aromatic rings. The van der Waals surface area contributed by atoms with Crippen LogP contribution in [-0.2, 0) is 11.3 Å². The lowest BCUT2D eigenvalue weighted by Gasteiger charge is -2.21. The summed E-state index contributed by atoms with van der Waals surface area (Å²) in [4.78, 5) is 13.3. The molecule has 0 aromatic heterocycles. The van der Waals surface area contributed by atoms with E-state index in [-0.39, 0.29) is 6.04 Å². The van der Waals surface area contributed by atoms with Gasteiger partial charge in [0.05, 0.1) is 14.2 Å². The Morgan fingerprint density at radius 3 is 2.52 bits per heavy atom. The number of aliphatic carboxylic acids is 1. The fourth-order valence-corrected chi connectivity index (χ4v) is 3.25. The zero-order valence-electron chi connectivity index (χ0n) is 13.4. The largest absolute Gasteiger partial charge is 0.493 e. The summed E-state index contributed by atoms with van der Waals surface area (Å²) in [5.41, 5.74) is 1.11. The molecule has 0 bridgehead atoms. The minimum absolute atomic E-state index is 0.365. The van der Waals surface area contributed by atoms with Crippen LogP contribution in [0.2, 0.25) is 0 Å². The third-order valence-electron chi connectivity index (χ3n) is 4.44. The van der Waals surface area contributed by atoms with Gasteiger partial charge in [0.25, 0.3) is 0 Å². The molecule has 0 radical (unpaired) electrons. The van der Waals surface area contributed by atoms with Crippen LogP contribution in [0.1, 0.15) is 18.4 Å². The van der Waals surface area contributed by atoms with Crippen molar-refractivity contribution >= 4 is 16.7 Å². The molecule has 0 amide bonds. The molecule has 1 fully saturated rings. The average molecular weight is 315 g/mol. The molecule has 1 aliphatic heterocycles. The van der Waals surface area contributed by atoms with Crippen LogP contribution in [0.3, 0.4) is 0 Å². The maximum Gasteiger partial charge on any atom is 0.320 e. The molecule has 5 nitrogen and oxygen atoms in total. The summed E-state index contributed by atoms with van der Waals surface area (Å²) in [6, 6.07) is 9.72. The van der Waals surface area contributed by atoms with E-state index in [9.17, 15) is 9.90 Å². The number of carboxylic acids is 1. The number of methoxy groups -OCH3 is 2. The third kappa shape index (κ3) is 3.10. The van der Waals surface area contributed by atoms with Gasteiger partial charge >= 0.3 is 5.97 Å². The minimum Gasteiger partial charge on any atom is -0.493 e. The van der Waals surface area contributed by atoms with E-state index < -0.39 is 5.97 Å². The molecular weight excluding hydrogens is 294 g/mol. The molecule has 0 aliphatic carbocycles. The van der Waals surface area contributed by atoms with Crippen LogP contribution in [0.15, 0.2) is 30.3 Å². The van der Waals surface area contributed by atoms with Crippen molar-refractivity contribution in [3.05, 3.63) is 35.9 Å². The highest BCUT2D eigenvalue weighted by atomic mass is 16.5. The summed E-state index contributed by atoms with van der Waals surface area (Å²) in [6.07, 6.45) is 1.67. The van der Waals surface area contributed by atoms with Crippen LogP contribution in [-0.4, -0.2) is 42.8 Å². The SMILES string of the molecule is COc1cc2ccc(CN3CCCC3C(=O)O)cc2cc1OC. The van der Waals surface area contributed by atoms with Crippen molar-refractivity contribution in [1.82, 2.24) is 4.90 Å². The van der Waals surface area contributed by atoms with E-state index in [2.05, 4.69) is 6.07 Å². The number of carbonyl (C=O) groups is 1. The number of hydrogen-bond donors (Lipinski definition) is 1. The lowest BCUT2D eigenvalue weighted by molar-refractivity contribution is -0.142. The van der Waals surface area contributed by atoms with Crippen LogP contribution >= 0.6 is 0 Å². The maximum absolute atomic E-state index is 11.3. The van der Waals surface area contributed by atoms with Gasteiger partial charge in [-0.25, -0.2) is 0 Å². The van der Waals surface area contributed by atoms with Crippen LogP contribution < -0.4 is 9.47 Å². The third-order valence-corrected chi connectivity index (χ3v) is 4.44. The van der Waals surface area contributed by atoms with Crippen molar-refractivity contribution in [2.75, 3.05) is 20.8 Å². The van der Waals surface area contributed by atoms with Gasteiger partial charge in [-0.05, 0) is 53.9 Å². The Morgan fingerprint density at radius 2 is 1.87 bits per heavy atom. The van der Waals surface area contributed by atoms with E-state index in [1.165, 1.54) is 0 Å². The Kier molecular flexibility index (Phi) is 4.39. The van der Waals surface area contributed by atoms with E-state index in [1.807, 2.05) is 29.2 Å². The minimum atomic E-state index is -0.727. The number of benzene rings is 2. The van der Waals surface area contributed by atoms with Crippen molar-refractivity contribution in [3.63, 3.8) is 0 Å². The first kappa shape index (κ1) is 15.6. The Morgan fingerprint density at radius 1 is 1.17 bits per heavy atom. The molecule has 23 heavy (non-hydrogen) atoms. The first-order valence-electron chi connectivity index (χ1n) is 7.74. The topological polar surface area (TPSA) is 59.0 Å². The van der Waals surface area contributed by atoms with Gasteiger partial charge in [0.2, 0.25) is 0 Å². The fourth-order valence-electron chi connectivity index (χ4n) is 3.25. The van der Waals surface area contributed by atoms with Crippen LogP contribution in [0, 0.1) is 0 Å². The highest BCUT2D eigenvalue weighted by Gasteiger charge is 2.30. The smallest absolute Gasteiger partial charge is 0.320 e. The van der Waals surface area contributed by atoms with Crippen molar-refractivity contribution < 1.29 is 19.4 Å². The fraction of sp³-hybridized carbons (Fsp3) is 0.389. The first-order chi connectivity index (χ1) is 11.1. The van der Waals surface area contributed by atoms with Gasteiger partial charge in [0.1, 0.15) is 6.04 Å². The molecule has 1 atom stereocenters. The zero-order valence-corrected chi connectivity index (χ0v) is 13.4. The summed E-state index contributed by atoms with van der Waals surface area (Å²) in [5.74, 6) is 0.676. The highest BCUT2D eigenvalue weighted by molar-refractivity contribution is 5.86. The average Bonchev–Trinajstić information content (AvgIpc) is 3.01. The summed E-state index contributed by atoms with van der Waals surface area (Å²) >= 11 is 0. The normalized spacial score (nSPS) is 18.3. The number of carboxylic acid groups (broad SMARTS) is 1. The number of likely N-dealkylation sites (tertiary alicyclic amines) is 1. The highest BCUT2D eigenvalue weighted by Crippen LogP contribution is 2.33. The molecule has 1 heterocycles. The second-order valence-corrected chi connectivity index (χ2v) is 5.86. The summed E-state index contributed by atoms with van der Waals surface area (Å²) in [7, 11) is 3.24. The molecule has 122 valence electrons. The second-order valence-electron chi connectivity index (χ2n) is 5.86. The first-order valence-corrected chi connectivity index (χ1v) is 7.74. The van der Waals surface area contributed by atoms with Crippen LogP contribution in [0.25, 0.3) is 10.8 Å². The van der Waals surface area contributed by atoms with Gasteiger partial charge in [-0.15, -0.1) is 0 Å². The predicted molar refractivity (Wildman–Crippen MR) is 88.1 cm³/mol. The zero-order chi connectivity index (χ0) is 16.4. The quantitative estimate of drug-likeness (QED) is 0.919. The van der Waals surface area contributed by atoms with Crippen molar-refractivity contribution in [2.45, 2.75) is 25.4 Å². The Hall–Kier alpha value is -2.27. The van der Waals surface area contributed by atoms with Gasteiger partial charge in [0, 0.05) is 6.54 Å². The number of nitrogens with zero attached hydrogens (tertiary/aromatic N) is 1. The summed E-state index contributed by atoms with van der Waals surface area (Å²) in [5, 5.41) is 11.4. The predicted octanol–water partition coefficient (Wildman–Crippen LogP) is 2.91.